The van der Waals surface area contributed by atoms with E-state index in [9.17, 15) is 24.3 Å². The van der Waals surface area contributed by atoms with Gasteiger partial charge >= 0.3 is 6.03 Å². The molecule has 3 N–H and O–H groups in total. The van der Waals surface area contributed by atoms with E-state index < -0.39 is 64.7 Å². The molecule has 1 saturated carbocycles. The van der Waals surface area contributed by atoms with E-state index in [0.29, 0.717) is 36.8 Å². The van der Waals surface area contributed by atoms with Gasteiger partial charge in [-0.05, 0) is 60.7 Å². The van der Waals surface area contributed by atoms with Crippen molar-refractivity contribution in [3.63, 3.8) is 0 Å². The fourth-order valence-electron chi connectivity index (χ4n) is 8.06. The fourth-order valence-corrected chi connectivity index (χ4v) is 8.63. The predicted molar refractivity (Wildman–Crippen MR) is 163 cm³/mol. The van der Waals surface area contributed by atoms with E-state index >= 15 is 4.79 Å². The number of carbonyl (C=O) groups excluding carboxylic acids is 5. The minimum absolute atomic E-state index is 0.0560. The second-order valence-electron chi connectivity index (χ2n) is 11.6. The van der Waals surface area contributed by atoms with Crippen LogP contribution in [0.1, 0.15) is 29.9 Å². The van der Waals surface area contributed by atoms with Crippen molar-refractivity contribution < 1.29 is 29.1 Å². The average molecular weight is 675 g/mol. The van der Waals surface area contributed by atoms with E-state index in [-0.39, 0.29) is 18.6 Å². The summed E-state index contributed by atoms with van der Waals surface area (Å²) in [4.78, 5) is 70.3. The van der Waals surface area contributed by atoms with Crippen molar-refractivity contribution in [1.29, 1.82) is 0 Å². The molecule has 222 valence electrons. The number of aromatic hydroxyl groups is 1. The van der Waals surface area contributed by atoms with Crippen LogP contribution in [0, 0.1) is 23.7 Å². The summed E-state index contributed by atoms with van der Waals surface area (Å²) in [5.41, 5.74) is 5.84. The number of allylic oxidation sites excluding steroid dienone is 2. The van der Waals surface area contributed by atoms with Gasteiger partial charge in [-0.25, -0.2) is 9.69 Å². The number of nitrogens with zero attached hydrogens (tertiary/aromatic N) is 2. The second-order valence-corrected chi connectivity index (χ2v) is 13.0. The topological polar surface area (TPSA) is 138 Å². The maximum absolute atomic E-state index is 15.1. The van der Waals surface area contributed by atoms with Gasteiger partial charge in [-0.15, -0.1) is 0 Å². The minimum atomic E-state index is -1.52. The molecule has 44 heavy (non-hydrogen) atoms. The maximum atomic E-state index is 15.1. The standard InChI is InChI=1S/C33H25BrClN3O6/c34-17-9-12-25(39)23(13-17)27-20-10-11-21-26(30(42)38(28(21)40)32(36)44)22(20)15-24-29(41)37(19-8-4-7-18(35)14-19)31(43)33(24,27)16-5-2-1-3-6-16/h1-10,12-14,21-22,24,26-27,39H,11,15H2,(H2,36,44). The Kier molecular flexibility index (Phi) is 6.56. The van der Waals surface area contributed by atoms with Crippen LogP contribution in [0.4, 0.5) is 10.5 Å². The first kappa shape index (κ1) is 28.5. The molecule has 6 unspecified atom stereocenters. The van der Waals surface area contributed by atoms with E-state index in [4.69, 9.17) is 17.3 Å². The Morgan fingerprint density at radius 3 is 2.39 bits per heavy atom. The number of carbonyl (C=O) groups is 5. The van der Waals surface area contributed by atoms with Gasteiger partial charge in [-0.3, -0.25) is 19.2 Å². The Morgan fingerprint density at radius 1 is 0.932 bits per heavy atom. The highest BCUT2D eigenvalue weighted by atomic mass is 79.9. The highest BCUT2D eigenvalue weighted by Crippen LogP contribution is 2.65. The van der Waals surface area contributed by atoms with Gasteiger partial charge in [0, 0.05) is 21.0 Å². The minimum Gasteiger partial charge on any atom is -0.508 e. The summed E-state index contributed by atoms with van der Waals surface area (Å²) in [7, 11) is 0. The van der Waals surface area contributed by atoms with Crippen LogP contribution >= 0.6 is 27.5 Å². The number of urea groups is 1. The molecule has 7 rings (SSSR count). The molecule has 2 heterocycles. The molecule has 2 aliphatic carbocycles. The molecule has 0 bridgehead atoms. The third kappa shape index (κ3) is 3.80. The number of amides is 6. The third-order valence-electron chi connectivity index (χ3n) is 9.69. The molecule has 3 aromatic rings. The lowest BCUT2D eigenvalue weighted by Crippen LogP contribution is -2.53. The van der Waals surface area contributed by atoms with Crippen LogP contribution in [0.2, 0.25) is 5.02 Å². The Balaban J connectivity index is 1.52. The van der Waals surface area contributed by atoms with Crippen LogP contribution in [0.15, 0.2) is 88.9 Å². The van der Waals surface area contributed by atoms with E-state index in [2.05, 4.69) is 15.9 Å². The second kappa shape index (κ2) is 10.1. The van der Waals surface area contributed by atoms with Crippen LogP contribution in [-0.2, 0) is 24.6 Å². The van der Waals surface area contributed by atoms with Gasteiger partial charge in [0.2, 0.25) is 23.6 Å². The molecule has 0 aromatic heterocycles. The smallest absolute Gasteiger partial charge is 0.328 e. The highest BCUT2D eigenvalue weighted by molar-refractivity contribution is 9.10. The number of nitrogens with two attached hydrogens (primary N) is 1. The monoisotopic (exact) mass is 673 g/mol. The molecule has 6 amide bonds. The maximum Gasteiger partial charge on any atom is 0.328 e. The molecule has 11 heteroatoms. The summed E-state index contributed by atoms with van der Waals surface area (Å²) in [6.07, 6.45) is 2.03. The number of fused-ring (bicyclic) bond motifs is 4. The van der Waals surface area contributed by atoms with Crippen molar-refractivity contribution in [2.45, 2.75) is 24.2 Å². The number of rotatable bonds is 3. The number of anilines is 1. The highest BCUT2D eigenvalue weighted by Gasteiger charge is 2.70. The van der Waals surface area contributed by atoms with Crippen molar-refractivity contribution in [2.24, 2.45) is 29.4 Å². The SMILES string of the molecule is NC(=O)N1C(=O)C2CC=C3C(CC4C(=O)N(c5cccc(Cl)c5)C(=O)C4(c4ccccc4)C3c3cc(Br)ccc3O)C2C1=O. The van der Waals surface area contributed by atoms with E-state index in [0.717, 1.165) is 4.90 Å². The molecule has 9 nitrogen and oxygen atoms in total. The molecule has 3 fully saturated rings. The molecular formula is C33H25BrClN3O6. The van der Waals surface area contributed by atoms with E-state index in [1.54, 1.807) is 60.7 Å². The first-order chi connectivity index (χ1) is 21.1. The lowest BCUT2D eigenvalue weighted by molar-refractivity contribution is -0.136. The van der Waals surface area contributed by atoms with Gasteiger partial charge in [0.15, 0.2) is 0 Å². The van der Waals surface area contributed by atoms with Crippen LogP contribution in [0.5, 0.6) is 5.75 Å². The van der Waals surface area contributed by atoms with Crippen molar-refractivity contribution >= 4 is 62.9 Å². The van der Waals surface area contributed by atoms with Gasteiger partial charge in [-0.1, -0.05) is 75.6 Å². The molecule has 2 aliphatic heterocycles. The number of hydrogen-bond acceptors (Lipinski definition) is 6. The Labute approximate surface area is 265 Å². The summed E-state index contributed by atoms with van der Waals surface area (Å²) in [6, 6.07) is 19.2. The molecular weight excluding hydrogens is 650 g/mol. The Bertz CT molecular complexity index is 1830. The fraction of sp³-hybridized carbons (Fsp3) is 0.242. The summed E-state index contributed by atoms with van der Waals surface area (Å²) >= 11 is 9.81. The first-order valence-electron chi connectivity index (χ1n) is 14.1. The predicted octanol–water partition coefficient (Wildman–Crippen LogP) is 5.05. The quantitative estimate of drug-likeness (QED) is 0.295. The number of benzene rings is 3. The molecule has 3 aromatic carbocycles. The van der Waals surface area contributed by atoms with Gasteiger partial charge in [-0.2, -0.15) is 4.90 Å². The number of phenolic OH excluding ortho intramolecular Hbond substituents is 1. The van der Waals surface area contributed by atoms with E-state index in [1.165, 1.54) is 6.07 Å². The number of likely N-dealkylation sites (tertiary alicyclic amines) is 1. The zero-order valence-electron chi connectivity index (χ0n) is 23.0. The number of hydrogen-bond donors (Lipinski definition) is 2. The largest absolute Gasteiger partial charge is 0.508 e. The Morgan fingerprint density at radius 2 is 1.68 bits per heavy atom. The molecule has 2 saturated heterocycles. The zero-order valence-corrected chi connectivity index (χ0v) is 25.4. The number of imide groups is 4. The number of halogens is 2. The first-order valence-corrected chi connectivity index (χ1v) is 15.3. The molecule has 4 aliphatic rings. The van der Waals surface area contributed by atoms with Crippen molar-refractivity contribution in [2.75, 3.05) is 4.90 Å². The van der Waals surface area contributed by atoms with Crippen LogP contribution < -0.4 is 10.6 Å². The molecule has 0 radical (unpaired) electrons. The summed E-state index contributed by atoms with van der Waals surface area (Å²) in [5, 5.41) is 11.7. The lowest BCUT2D eigenvalue weighted by atomic mass is 9.49. The number of phenols is 1. The molecule has 0 spiro atoms. The van der Waals surface area contributed by atoms with Gasteiger partial charge < -0.3 is 10.8 Å². The summed E-state index contributed by atoms with van der Waals surface area (Å²) < 4.78 is 0.636. The summed E-state index contributed by atoms with van der Waals surface area (Å²) in [5.74, 6) is -6.81. The Hall–Kier alpha value is -4.28. The van der Waals surface area contributed by atoms with Crippen LogP contribution in [0.3, 0.4) is 0 Å². The van der Waals surface area contributed by atoms with Crippen LogP contribution in [-0.4, -0.2) is 39.7 Å². The summed E-state index contributed by atoms with van der Waals surface area (Å²) in [6.45, 7) is 0. The van der Waals surface area contributed by atoms with E-state index in [1.807, 2.05) is 12.1 Å². The van der Waals surface area contributed by atoms with Crippen molar-refractivity contribution in [1.82, 2.24) is 4.90 Å². The average Bonchev–Trinajstić information content (AvgIpc) is 3.39. The third-order valence-corrected chi connectivity index (χ3v) is 10.4. The normalized spacial score (nSPS) is 29.3. The van der Waals surface area contributed by atoms with Gasteiger partial charge in [0.05, 0.1) is 28.9 Å². The molecule has 6 atom stereocenters. The van der Waals surface area contributed by atoms with Gasteiger partial charge in [0.25, 0.3) is 0 Å². The van der Waals surface area contributed by atoms with Crippen molar-refractivity contribution in [3.8, 4) is 5.75 Å². The van der Waals surface area contributed by atoms with Crippen LogP contribution in [0.25, 0.3) is 0 Å². The van der Waals surface area contributed by atoms with Crippen molar-refractivity contribution in [3.05, 3.63) is 105 Å². The zero-order chi connectivity index (χ0) is 31.1. The van der Waals surface area contributed by atoms with Gasteiger partial charge in [0.1, 0.15) is 5.75 Å². The lowest BCUT2D eigenvalue weighted by Gasteiger charge is -2.50. The number of primary amides is 1.